The van der Waals surface area contributed by atoms with Crippen LogP contribution in [0.2, 0.25) is 0 Å². The fourth-order valence-corrected chi connectivity index (χ4v) is 3.85. The minimum absolute atomic E-state index is 0.0231. The Bertz CT molecular complexity index is 928. The first-order valence-corrected chi connectivity index (χ1v) is 8.97. The number of fused-ring (bicyclic) bond motifs is 2. The molecule has 1 aromatic heterocycles. The second kappa shape index (κ2) is 6.36. The number of aromatic nitrogens is 2. The highest BCUT2D eigenvalue weighted by Gasteiger charge is 2.25. The van der Waals surface area contributed by atoms with Crippen molar-refractivity contribution in [3.63, 3.8) is 0 Å². The van der Waals surface area contributed by atoms with Gasteiger partial charge in [-0.25, -0.2) is 0 Å². The maximum absolute atomic E-state index is 12.9. The highest BCUT2D eigenvalue weighted by molar-refractivity contribution is 5.86. The van der Waals surface area contributed by atoms with E-state index in [1.54, 1.807) is 0 Å². The van der Waals surface area contributed by atoms with Gasteiger partial charge < -0.3 is 5.32 Å². The maximum atomic E-state index is 12.9. The van der Waals surface area contributed by atoms with E-state index in [0.29, 0.717) is 0 Å². The van der Waals surface area contributed by atoms with Crippen LogP contribution in [-0.4, -0.2) is 15.7 Å². The van der Waals surface area contributed by atoms with E-state index in [9.17, 15) is 4.79 Å². The van der Waals surface area contributed by atoms with Crippen LogP contribution >= 0.6 is 0 Å². The summed E-state index contributed by atoms with van der Waals surface area (Å²) in [6, 6.07) is 16.3. The van der Waals surface area contributed by atoms with Gasteiger partial charge >= 0.3 is 0 Å². The number of para-hydroxylation sites is 1. The van der Waals surface area contributed by atoms with Gasteiger partial charge in [-0.2, -0.15) is 5.10 Å². The molecule has 3 aromatic rings. The van der Waals surface area contributed by atoms with Crippen molar-refractivity contribution >= 4 is 16.8 Å². The molecule has 0 spiro atoms. The van der Waals surface area contributed by atoms with Gasteiger partial charge in [0, 0.05) is 5.39 Å². The fraction of sp³-hybridized carbons (Fsp3) is 0.333. The normalized spacial score (nSPS) is 17.9. The lowest BCUT2D eigenvalue weighted by Gasteiger charge is -2.27. The van der Waals surface area contributed by atoms with Crippen molar-refractivity contribution in [1.29, 1.82) is 0 Å². The average Bonchev–Trinajstić information content (AvgIpc) is 2.98. The number of carbonyl (C=O) groups is 1. The molecular weight excluding hydrogens is 310 g/mol. The molecule has 1 amide bonds. The minimum atomic E-state index is -0.340. The fourth-order valence-electron chi connectivity index (χ4n) is 3.85. The summed E-state index contributed by atoms with van der Waals surface area (Å²) in [6.07, 6.45) is 3.20. The van der Waals surface area contributed by atoms with Crippen LogP contribution in [-0.2, 0) is 11.2 Å². The molecular formula is C21H23N3O. The molecule has 1 heterocycles. The molecule has 0 saturated carbocycles. The Labute approximate surface area is 147 Å². The predicted octanol–water partition coefficient (Wildman–Crippen LogP) is 4.10. The van der Waals surface area contributed by atoms with Crippen LogP contribution in [0.4, 0.5) is 0 Å². The standard InChI is InChI=1S/C21H23N3O/c1-14-17-10-5-6-13-20(17)24(23-14)15(2)21(25)22-19-12-7-9-16-8-3-4-11-18(16)19/h3-6,8,10-11,13,15,19H,7,9,12H2,1-2H3,(H,22,25)/t15-,19-/m0/s1. The van der Waals surface area contributed by atoms with E-state index < -0.39 is 0 Å². The van der Waals surface area contributed by atoms with Gasteiger partial charge in [-0.1, -0.05) is 42.5 Å². The Balaban J connectivity index is 1.59. The summed E-state index contributed by atoms with van der Waals surface area (Å²) in [5, 5.41) is 8.95. The summed E-state index contributed by atoms with van der Waals surface area (Å²) >= 11 is 0. The molecule has 2 aromatic carbocycles. The summed E-state index contributed by atoms with van der Waals surface area (Å²) < 4.78 is 1.84. The molecule has 2 atom stereocenters. The van der Waals surface area contributed by atoms with Crippen molar-refractivity contribution in [3.8, 4) is 0 Å². The largest absolute Gasteiger partial charge is 0.347 e. The molecule has 1 N–H and O–H groups in total. The summed E-state index contributed by atoms with van der Waals surface area (Å²) in [5.41, 5.74) is 4.58. The quantitative estimate of drug-likeness (QED) is 0.784. The molecule has 0 aliphatic heterocycles. The molecule has 4 rings (SSSR count). The Morgan fingerprint density at radius 2 is 1.96 bits per heavy atom. The van der Waals surface area contributed by atoms with Crippen LogP contribution in [0.3, 0.4) is 0 Å². The molecule has 0 fully saturated rings. The van der Waals surface area contributed by atoms with Gasteiger partial charge in [0.1, 0.15) is 6.04 Å². The monoisotopic (exact) mass is 333 g/mol. The van der Waals surface area contributed by atoms with Crippen LogP contribution in [0.1, 0.15) is 48.7 Å². The molecule has 25 heavy (non-hydrogen) atoms. The summed E-state index contributed by atoms with van der Waals surface area (Å²) in [5.74, 6) is 0.0231. The van der Waals surface area contributed by atoms with Gasteiger partial charge in [0.2, 0.25) is 5.91 Å². The van der Waals surface area contributed by atoms with E-state index in [1.165, 1.54) is 11.1 Å². The zero-order valence-corrected chi connectivity index (χ0v) is 14.7. The predicted molar refractivity (Wildman–Crippen MR) is 99.4 cm³/mol. The number of hydrogen-bond acceptors (Lipinski definition) is 2. The van der Waals surface area contributed by atoms with Gasteiger partial charge in [-0.3, -0.25) is 9.48 Å². The number of benzene rings is 2. The third kappa shape index (κ3) is 2.82. The topological polar surface area (TPSA) is 46.9 Å². The Kier molecular flexibility index (Phi) is 4.04. The summed E-state index contributed by atoms with van der Waals surface area (Å²) in [7, 11) is 0. The highest BCUT2D eigenvalue weighted by atomic mass is 16.2. The third-order valence-corrected chi connectivity index (χ3v) is 5.23. The van der Waals surface area contributed by atoms with Crippen molar-refractivity contribution in [1.82, 2.24) is 15.1 Å². The van der Waals surface area contributed by atoms with E-state index in [4.69, 9.17) is 0 Å². The van der Waals surface area contributed by atoms with Crippen molar-refractivity contribution in [2.45, 2.75) is 45.2 Å². The zero-order valence-electron chi connectivity index (χ0n) is 14.7. The molecule has 4 heteroatoms. The lowest BCUT2D eigenvalue weighted by Crippen LogP contribution is -2.36. The maximum Gasteiger partial charge on any atom is 0.245 e. The molecule has 4 nitrogen and oxygen atoms in total. The van der Waals surface area contributed by atoms with E-state index in [2.05, 4.69) is 40.7 Å². The van der Waals surface area contributed by atoms with Crippen molar-refractivity contribution in [3.05, 3.63) is 65.4 Å². The second-order valence-corrected chi connectivity index (χ2v) is 6.88. The van der Waals surface area contributed by atoms with Gasteiger partial charge in [0.15, 0.2) is 0 Å². The number of nitrogens with zero attached hydrogens (tertiary/aromatic N) is 2. The van der Waals surface area contributed by atoms with Gasteiger partial charge in [0.25, 0.3) is 0 Å². The van der Waals surface area contributed by atoms with E-state index in [-0.39, 0.29) is 18.0 Å². The molecule has 1 aliphatic rings. The van der Waals surface area contributed by atoms with E-state index in [1.807, 2.05) is 36.7 Å². The summed E-state index contributed by atoms with van der Waals surface area (Å²) in [4.78, 5) is 12.9. The third-order valence-electron chi connectivity index (χ3n) is 5.23. The van der Waals surface area contributed by atoms with Crippen molar-refractivity contribution in [2.75, 3.05) is 0 Å². The lowest BCUT2D eigenvalue weighted by molar-refractivity contribution is -0.124. The van der Waals surface area contributed by atoms with Crippen LogP contribution in [0.25, 0.3) is 10.9 Å². The van der Waals surface area contributed by atoms with E-state index in [0.717, 1.165) is 35.9 Å². The molecule has 0 saturated heterocycles. The van der Waals surface area contributed by atoms with E-state index >= 15 is 0 Å². The van der Waals surface area contributed by atoms with Gasteiger partial charge in [0.05, 0.1) is 17.3 Å². The number of rotatable bonds is 3. The van der Waals surface area contributed by atoms with Crippen LogP contribution in [0.5, 0.6) is 0 Å². The van der Waals surface area contributed by atoms with Gasteiger partial charge in [-0.05, 0) is 50.3 Å². The van der Waals surface area contributed by atoms with Crippen molar-refractivity contribution in [2.24, 2.45) is 0 Å². The number of nitrogens with one attached hydrogen (secondary N) is 1. The van der Waals surface area contributed by atoms with Crippen LogP contribution < -0.4 is 5.32 Å². The average molecular weight is 333 g/mol. The molecule has 128 valence electrons. The SMILES string of the molecule is Cc1nn([C@@H](C)C(=O)N[C@H]2CCCc3ccccc32)c2ccccc12. The van der Waals surface area contributed by atoms with Crippen LogP contribution in [0.15, 0.2) is 48.5 Å². The Hall–Kier alpha value is -2.62. The number of carbonyl (C=O) groups excluding carboxylic acids is 1. The zero-order chi connectivity index (χ0) is 17.4. The number of aryl methyl sites for hydroxylation is 2. The van der Waals surface area contributed by atoms with Crippen molar-refractivity contribution < 1.29 is 4.79 Å². The Morgan fingerprint density at radius 3 is 2.84 bits per heavy atom. The smallest absolute Gasteiger partial charge is 0.245 e. The first kappa shape index (κ1) is 15.9. The number of amides is 1. The Morgan fingerprint density at radius 1 is 1.20 bits per heavy atom. The molecule has 0 bridgehead atoms. The van der Waals surface area contributed by atoms with Gasteiger partial charge in [-0.15, -0.1) is 0 Å². The second-order valence-electron chi connectivity index (χ2n) is 6.88. The van der Waals surface area contributed by atoms with Crippen LogP contribution in [0, 0.1) is 6.92 Å². The molecule has 1 aliphatic carbocycles. The summed E-state index contributed by atoms with van der Waals surface area (Å²) in [6.45, 7) is 3.91. The molecule has 0 radical (unpaired) electrons. The highest BCUT2D eigenvalue weighted by Crippen LogP contribution is 2.30. The molecule has 0 unspecified atom stereocenters. The number of hydrogen-bond donors (Lipinski definition) is 1. The first-order chi connectivity index (χ1) is 12.1. The first-order valence-electron chi connectivity index (χ1n) is 8.97. The minimum Gasteiger partial charge on any atom is -0.347 e. The lowest BCUT2D eigenvalue weighted by atomic mass is 9.87.